The van der Waals surface area contributed by atoms with Gasteiger partial charge in [0.25, 0.3) is 5.91 Å². The fourth-order valence-electron chi connectivity index (χ4n) is 2.60. The number of halogens is 1. The van der Waals surface area contributed by atoms with E-state index in [9.17, 15) is 4.79 Å². The van der Waals surface area contributed by atoms with Crippen LogP contribution in [0.5, 0.6) is 0 Å². The molecule has 1 aliphatic rings. The van der Waals surface area contributed by atoms with Crippen LogP contribution in [0.4, 0.5) is 5.82 Å². The van der Waals surface area contributed by atoms with Crippen molar-refractivity contribution in [3.05, 3.63) is 22.8 Å². The Labute approximate surface area is 135 Å². The zero-order chi connectivity index (χ0) is 15.2. The minimum Gasteiger partial charge on any atom is -0.370 e. The fourth-order valence-corrected chi connectivity index (χ4v) is 3.74. The second-order valence-electron chi connectivity index (χ2n) is 5.28. The van der Waals surface area contributed by atoms with Crippen LogP contribution in [0.2, 0.25) is 5.15 Å². The van der Waals surface area contributed by atoms with E-state index >= 15 is 0 Å². The monoisotopic (exact) mass is 327 g/mol. The van der Waals surface area contributed by atoms with Crippen LogP contribution in [0, 0.1) is 0 Å². The Morgan fingerprint density at radius 1 is 1.48 bits per heavy atom. The maximum atomic E-state index is 12.4. The molecule has 0 aromatic carbocycles. The van der Waals surface area contributed by atoms with Gasteiger partial charge in [-0.2, -0.15) is 11.8 Å². The molecule has 116 valence electrons. The van der Waals surface area contributed by atoms with Crippen molar-refractivity contribution < 1.29 is 4.79 Å². The molecule has 2 N–H and O–H groups in total. The summed E-state index contributed by atoms with van der Waals surface area (Å²) in [6.45, 7) is 2.89. The lowest BCUT2D eigenvalue weighted by atomic mass is 10.2. The van der Waals surface area contributed by atoms with Gasteiger partial charge in [-0.3, -0.25) is 4.79 Å². The minimum absolute atomic E-state index is 0.0650. The molecule has 4 nitrogen and oxygen atoms in total. The largest absolute Gasteiger partial charge is 0.370 e. The third kappa shape index (κ3) is 4.51. The number of aromatic nitrogens is 1. The normalized spacial score (nSPS) is 21.3. The van der Waals surface area contributed by atoms with Crippen molar-refractivity contribution in [2.45, 2.75) is 43.9 Å². The maximum Gasteiger partial charge on any atom is 0.251 e. The maximum absolute atomic E-state index is 12.4. The van der Waals surface area contributed by atoms with E-state index in [1.807, 2.05) is 11.8 Å². The summed E-state index contributed by atoms with van der Waals surface area (Å²) in [7, 11) is 0. The first kappa shape index (κ1) is 16.4. The van der Waals surface area contributed by atoms with Gasteiger partial charge in [0.1, 0.15) is 11.0 Å². The molecular formula is C15H22ClN3OS. The molecule has 1 aromatic heterocycles. The molecule has 1 saturated carbocycles. The number of carbonyl (C=O) groups excluding carboxylic acids is 1. The van der Waals surface area contributed by atoms with E-state index in [4.69, 9.17) is 11.6 Å². The van der Waals surface area contributed by atoms with E-state index in [-0.39, 0.29) is 11.9 Å². The van der Waals surface area contributed by atoms with Crippen LogP contribution in [-0.4, -0.2) is 35.0 Å². The van der Waals surface area contributed by atoms with Crippen molar-refractivity contribution in [1.29, 1.82) is 0 Å². The fraction of sp³-hybridized carbons (Fsp3) is 0.600. The molecule has 2 atom stereocenters. The van der Waals surface area contributed by atoms with Crippen LogP contribution in [0.3, 0.4) is 0 Å². The van der Waals surface area contributed by atoms with Crippen LogP contribution in [-0.2, 0) is 0 Å². The quantitative estimate of drug-likeness (QED) is 0.784. The first-order valence-corrected chi connectivity index (χ1v) is 9.05. The SMILES string of the molecule is CCCNc1cc(C(=O)NC2CCCC2SC)cc(Cl)n1. The Hall–Kier alpha value is -0.940. The number of carbonyl (C=O) groups is 1. The van der Waals surface area contributed by atoms with Gasteiger partial charge in [-0.25, -0.2) is 4.98 Å². The summed E-state index contributed by atoms with van der Waals surface area (Å²) in [4.78, 5) is 16.6. The molecule has 0 bridgehead atoms. The number of amides is 1. The highest BCUT2D eigenvalue weighted by molar-refractivity contribution is 7.99. The minimum atomic E-state index is -0.0650. The van der Waals surface area contributed by atoms with Crippen LogP contribution in [0.1, 0.15) is 43.0 Å². The highest BCUT2D eigenvalue weighted by Gasteiger charge is 2.28. The topological polar surface area (TPSA) is 54.0 Å². The number of nitrogens with zero attached hydrogens (tertiary/aromatic N) is 1. The number of hydrogen-bond donors (Lipinski definition) is 2. The van der Waals surface area contributed by atoms with Gasteiger partial charge < -0.3 is 10.6 Å². The molecule has 0 saturated heterocycles. The van der Waals surface area contributed by atoms with E-state index in [1.165, 1.54) is 12.8 Å². The lowest BCUT2D eigenvalue weighted by Crippen LogP contribution is -2.38. The highest BCUT2D eigenvalue weighted by atomic mass is 35.5. The summed E-state index contributed by atoms with van der Waals surface area (Å²) in [5.41, 5.74) is 0.570. The average Bonchev–Trinajstić information content (AvgIpc) is 2.91. The molecule has 0 radical (unpaired) electrons. The first-order chi connectivity index (χ1) is 10.1. The number of nitrogens with one attached hydrogen (secondary N) is 2. The first-order valence-electron chi connectivity index (χ1n) is 7.39. The van der Waals surface area contributed by atoms with Crippen LogP contribution >= 0.6 is 23.4 Å². The van der Waals surface area contributed by atoms with Crippen molar-refractivity contribution in [1.82, 2.24) is 10.3 Å². The third-order valence-electron chi connectivity index (χ3n) is 3.68. The number of anilines is 1. The molecule has 6 heteroatoms. The van der Waals surface area contributed by atoms with E-state index in [1.54, 1.807) is 12.1 Å². The standard InChI is InChI=1S/C15H22ClN3OS/c1-3-7-17-14-9-10(8-13(16)19-14)15(20)18-11-5-4-6-12(11)21-2/h8-9,11-12H,3-7H2,1-2H3,(H,17,19)(H,18,20). The molecule has 2 unspecified atom stereocenters. The second kappa shape index (κ2) is 7.90. The zero-order valence-corrected chi connectivity index (χ0v) is 14.1. The average molecular weight is 328 g/mol. The highest BCUT2D eigenvalue weighted by Crippen LogP contribution is 2.28. The van der Waals surface area contributed by atoms with Crippen LogP contribution < -0.4 is 10.6 Å². The zero-order valence-electron chi connectivity index (χ0n) is 12.5. The molecular weight excluding hydrogens is 306 g/mol. The smallest absolute Gasteiger partial charge is 0.251 e. The number of pyridine rings is 1. The van der Waals surface area contributed by atoms with Gasteiger partial charge in [0.2, 0.25) is 0 Å². The van der Waals surface area contributed by atoms with Crippen LogP contribution in [0.15, 0.2) is 12.1 Å². The van der Waals surface area contributed by atoms with E-state index < -0.39 is 0 Å². The van der Waals surface area contributed by atoms with Gasteiger partial charge in [-0.15, -0.1) is 0 Å². The molecule has 21 heavy (non-hydrogen) atoms. The molecule has 1 aliphatic carbocycles. The van der Waals surface area contributed by atoms with Crippen molar-refractivity contribution in [3.63, 3.8) is 0 Å². The molecule has 1 aromatic rings. The van der Waals surface area contributed by atoms with Crippen molar-refractivity contribution >= 4 is 35.1 Å². The number of hydrogen-bond acceptors (Lipinski definition) is 4. The van der Waals surface area contributed by atoms with Crippen molar-refractivity contribution in [2.75, 3.05) is 18.1 Å². The Kier molecular flexibility index (Phi) is 6.18. The Balaban J connectivity index is 2.06. The summed E-state index contributed by atoms with van der Waals surface area (Å²) in [6.07, 6.45) is 6.50. The van der Waals surface area contributed by atoms with Gasteiger partial charge in [0.05, 0.1) is 0 Å². The summed E-state index contributed by atoms with van der Waals surface area (Å²) >= 11 is 7.84. The van der Waals surface area contributed by atoms with Crippen molar-refractivity contribution in [2.24, 2.45) is 0 Å². The van der Waals surface area contributed by atoms with E-state index in [0.29, 0.717) is 21.8 Å². The Morgan fingerprint density at radius 2 is 2.29 bits per heavy atom. The van der Waals surface area contributed by atoms with E-state index in [0.717, 1.165) is 19.4 Å². The summed E-state index contributed by atoms with van der Waals surface area (Å²) in [5, 5.41) is 7.16. The summed E-state index contributed by atoms with van der Waals surface area (Å²) in [5.74, 6) is 0.590. The predicted molar refractivity (Wildman–Crippen MR) is 90.4 cm³/mol. The van der Waals surface area contributed by atoms with Crippen LogP contribution in [0.25, 0.3) is 0 Å². The number of thioether (sulfide) groups is 1. The van der Waals surface area contributed by atoms with Crippen molar-refractivity contribution in [3.8, 4) is 0 Å². The summed E-state index contributed by atoms with van der Waals surface area (Å²) < 4.78 is 0. The summed E-state index contributed by atoms with van der Waals surface area (Å²) in [6, 6.07) is 3.64. The van der Waals surface area contributed by atoms with Gasteiger partial charge in [-0.1, -0.05) is 24.9 Å². The molecule has 1 amide bonds. The predicted octanol–water partition coefficient (Wildman–Crippen LogP) is 3.57. The molecule has 1 fully saturated rings. The lowest BCUT2D eigenvalue weighted by Gasteiger charge is -2.19. The molecule has 1 heterocycles. The Morgan fingerprint density at radius 3 is 3.00 bits per heavy atom. The lowest BCUT2D eigenvalue weighted by molar-refractivity contribution is 0.0938. The molecule has 0 aliphatic heterocycles. The second-order valence-corrected chi connectivity index (χ2v) is 6.74. The molecule has 0 spiro atoms. The number of rotatable bonds is 6. The van der Waals surface area contributed by atoms with Gasteiger partial charge in [-0.05, 0) is 37.7 Å². The Bertz CT molecular complexity index is 498. The third-order valence-corrected chi connectivity index (χ3v) is 5.05. The molecule has 2 rings (SSSR count). The van der Waals surface area contributed by atoms with E-state index in [2.05, 4.69) is 28.8 Å². The van der Waals surface area contributed by atoms with Gasteiger partial charge >= 0.3 is 0 Å². The van der Waals surface area contributed by atoms with Gasteiger partial charge in [0.15, 0.2) is 0 Å². The van der Waals surface area contributed by atoms with Gasteiger partial charge in [0, 0.05) is 23.4 Å².